The van der Waals surface area contributed by atoms with Crippen molar-refractivity contribution < 1.29 is 9.53 Å². The van der Waals surface area contributed by atoms with Crippen LogP contribution in [-0.4, -0.2) is 26.0 Å². The SMILES string of the molecule is CCC(C)(O)[SiH]1CCCCO1. The fraction of sp³-hybridized carbons (Fsp3) is 1.00. The van der Waals surface area contributed by atoms with E-state index >= 15 is 0 Å². The fourth-order valence-corrected chi connectivity index (χ4v) is 4.17. The molecular weight excluding hydrogens is 156 g/mol. The molecule has 2 nitrogen and oxygen atoms in total. The molecule has 2 unspecified atom stereocenters. The van der Waals surface area contributed by atoms with Crippen molar-refractivity contribution in [2.24, 2.45) is 0 Å². The number of hydrogen-bond donors (Lipinski definition) is 1. The summed E-state index contributed by atoms with van der Waals surface area (Å²) in [6, 6.07) is 1.15. The molecule has 0 aromatic heterocycles. The second-order valence-corrected chi connectivity index (χ2v) is 6.70. The van der Waals surface area contributed by atoms with Gasteiger partial charge >= 0.3 is 0 Å². The average Bonchev–Trinajstić information content (AvgIpc) is 2.06. The van der Waals surface area contributed by atoms with Crippen molar-refractivity contribution in [3.63, 3.8) is 0 Å². The lowest BCUT2D eigenvalue weighted by Gasteiger charge is -2.33. The third-order valence-electron chi connectivity index (χ3n) is 2.59. The van der Waals surface area contributed by atoms with Crippen molar-refractivity contribution in [3.8, 4) is 0 Å². The van der Waals surface area contributed by atoms with Crippen molar-refractivity contribution in [1.82, 2.24) is 0 Å². The molecule has 1 N–H and O–H groups in total. The van der Waals surface area contributed by atoms with Crippen LogP contribution < -0.4 is 0 Å². The van der Waals surface area contributed by atoms with Gasteiger partial charge in [-0.05, 0) is 25.8 Å². The van der Waals surface area contributed by atoms with Gasteiger partial charge in [0.2, 0.25) is 9.04 Å². The van der Waals surface area contributed by atoms with Crippen LogP contribution in [0.15, 0.2) is 0 Å². The second-order valence-electron chi connectivity index (χ2n) is 3.57. The molecular formula is C8H18O2Si. The molecule has 0 aromatic carbocycles. The molecule has 0 aromatic rings. The van der Waals surface area contributed by atoms with Crippen molar-refractivity contribution in [2.45, 2.75) is 44.4 Å². The summed E-state index contributed by atoms with van der Waals surface area (Å²) in [5, 5.41) is 9.41. The highest BCUT2D eigenvalue weighted by atomic mass is 28.3. The van der Waals surface area contributed by atoms with E-state index in [0.29, 0.717) is 0 Å². The summed E-state index contributed by atoms with van der Waals surface area (Å²) in [6.07, 6.45) is 3.28. The van der Waals surface area contributed by atoms with Gasteiger partial charge in [-0.3, -0.25) is 0 Å². The van der Waals surface area contributed by atoms with Crippen LogP contribution in [0, 0.1) is 0 Å². The Bertz CT molecular complexity index is 119. The summed E-state index contributed by atoms with van der Waals surface area (Å²) in [5.74, 6) is 0. The van der Waals surface area contributed by atoms with Crippen LogP contribution in [0.2, 0.25) is 6.04 Å². The molecule has 1 heterocycles. The van der Waals surface area contributed by atoms with Crippen LogP contribution >= 0.6 is 0 Å². The Morgan fingerprint density at radius 1 is 1.55 bits per heavy atom. The molecule has 1 aliphatic rings. The van der Waals surface area contributed by atoms with E-state index in [0.717, 1.165) is 19.1 Å². The highest BCUT2D eigenvalue weighted by Gasteiger charge is 2.34. The minimum atomic E-state index is -1.28. The highest BCUT2D eigenvalue weighted by molar-refractivity contribution is 6.55. The second kappa shape index (κ2) is 3.69. The summed E-state index contributed by atoms with van der Waals surface area (Å²) in [7, 11) is -1.28. The minimum absolute atomic E-state index is 0.472. The van der Waals surface area contributed by atoms with Gasteiger partial charge in [0, 0.05) is 6.61 Å². The maximum atomic E-state index is 9.88. The molecule has 3 heteroatoms. The molecule has 0 radical (unpaired) electrons. The average molecular weight is 174 g/mol. The first-order valence-corrected chi connectivity index (χ1v) is 6.37. The lowest BCUT2D eigenvalue weighted by Crippen LogP contribution is -2.46. The molecule has 11 heavy (non-hydrogen) atoms. The van der Waals surface area contributed by atoms with Gasteiger partial charge in [-0.25, -0.2) is 0 Å². The van der Waals surface area contributed by atoms with Gasteiger partial charge < -0.3 is 9.53 Å². The van der Waals surface area contributed by atoms with Crippen molar-refractivity contribution in [3.05, 3.63) is 0 Å². The maximum Gasteiger partial charge on any atom is 0.208 e. The van der Waals surface area contributed by atoms with E-state index in [4.69, 9.17) is 4.43 Å². The Balaban J connectivity index is 2.43. The topological polar surface area (TPSA) is 29.5 Å². The van der Waals surface area contributed by atoms with Gasteiger partial charge in [-0.2, -0.15) is 0 Å². The first-order chi connectivity index (χ1) is 5.17. The van der Waals surface area contributed by atoms with Crippen LogP contribution in [0.25, 0.3) is 0 Å². The fourth-order valence-electron chi connectivity index (χ4n) is 1.46. The van der Waals surface area contributed by atoms with E-state index in [1.165, 1.54) is 12.8 Å². The number of hydrogen-bond acceptors (Lipinski definition) is 2. The Morgan fingerprint density at radius 2 is 2.27 bits per heavy atom. The molecule has 1 fully saturated rings. The predicted octanol–water partition coefficient (Wildman–Crippen LogP) is 1.22. The Morgan fingerprint density at radius 3 is 2.73 bits per heavy atom. The molecule has 66 valence electrons. The normalized spacial score (nSPS) is 31.4. The molecule has 0 amide bonds. The zero-order valence-corrected chi connectivity index (χ0v) is 8.62. The van der Waals surface area contributed by atoms with Gasteiger partial charge in [-0.15, -0.1) is 0 Å². The molecule has 0 spiro atoms. The summed E-state index contributed by atoms with van der Waals surface area (Å²) in [5.41, 5.74) is 0. The summed E-state index contributed by atoms with van der Waals surface area (Å²) >= 11 is 0. The zero-order chi connectivity index (χ0) is 8.32. The molecule has 2 atom stereocenters. The van der Waals surface area contributed by atoms with Crippen LogP contribution in [0.3, 0.4) is 0 Å². The van der Waals surface area contributed by atoms with Crippen molar-refractivity contribution >= 4 is 9.04 Å². The third kappa shape index (κ3) is 2.29. The van der Waals surface area contributed by atoms with E-state index in [9.17, 15) is 5.11 Å². The molecule has 0 bridgehead atoms. The molecule has 1 rings (SSSR count). The summed E-state index contributed by atoms with van der Waals surface area (Å²) < 4.78 is 5.62. The third-order valence-corrected chi connectivity index (χ3v) is 5.96. The Hall–Kier alpha value is 0.137. The maximum absolute atomic E-state index is 9.88. The smallest absolute Gasteiger partial charge is 0.208 e. The Labute approximate surface area is 70.3 Å². The van der Waals surface area contributed by atoms with Gasteiger partial charge in [0.05, 0.1) is 5.22 Å². The van der Waals surface area contributed by atoms with Crippen LogP contribution in [0.4, 0.5) is 0 Å². The largest absolute Gasteiger partial charge is 0.417 e. The lowest BCUT2D eigenvalue weighted by atomic mass is 10.3. The highest BCUT2D eigenvalue weighted by Crippen LogP contribution is 2.22. The van der Waals surface area contributed by atoms with Crippen LogP contribution in [0.1, 0.15) is 33.1 Å². The van der Waals surface area contributed by atoms with E-state index in [1.807, 2.05) is 13.8 Å². The first kappa shape index (κ1) is 9.23. The zero-order valence-electron chi connectivity index (χ0n) is 7.47. The lowest BCUT2D eigenvalue weighted by molar-refractivity contribution is 0.101. The summed E-state index contributed by atoms with van der Waals surface area (Å²) in [4.78, 5) is 0. The predicted molar refractivity (Wildman–Crippen MR) is 48.1 cm³/mol. The van der Waals surface area contributed by atoms with Crippen molar-refractivity contribution in [1.29, 1.82) is 0 Å². The van der Waals surface area contributed by atoms with Gasteiger partial charge in [0.25, 0.3) is 0 Å². The van der Waals surface area contributed by atoms with E-state index < -0.39 is 14.3 Å². The number of rotatable bonds is 2. The van der Waals surface area contributed by atoms with Gasteiger partial charge in [-0.1, -0.05) is 13.3 Å². The van der Waals surface area contributed by atoms with Crippen LogP contribution in [0.5, 0.6) is 0 Å². The summed E-state index contributed by atoms with van der Waals surface area (Å²) in [6.45, 7) is 4.84. The quantitative estimate of drug-likeness (QED) is 0.638. The van der Waals surface area contributed by atoms with Gasteiger partial charge in [0.15, 0.2) is 0 Å². The van der Waals surface area contributed by atoms with Crippen LogP contribution in [-0.2, 0) is 4.43 Å². The first-order valence-electron chi connectivity index (χ1n) is 4.51. The molecule has 0 saturated carbocycles. The molecule has 0 aliphatic carbocycles. The standard InChI is InChI=1S/C8H18O2Si/c1-3-8(2,9)11-7-5-4-6-10-11/h9,11H,3-7H2,1-2H3. The number of aliphatic hydroxyl groups is 1. The Kier molecular flexibility index (Phi) is 3.10. The molecule has 1 saturated heterocycles. The van der Waals surface area contributed by atoms with E-state index in [-0.39, 0.29) is 0 Å². The van der Waals surface area contributed by atoms with E-state index in [2.05, 4.69) is 0 Å². The monoisotopic (exact) mass is 174 g/mol. The van der Waals surface area contributed by atoms with Gasteiger partial charge in [0.1, 0.15) is 0 Å². The van der Waals surface area contributed by atoms with E-state index in [1.54, 1.807) is 0 Å². The minimum Gasteiger partial charge on any atom is -0.417 e. The molecule has 1 aliphatic heterocycles. The van der Waals surface area contributed by atoms with Crippen molar-refractivity contribution in [2.75, 3.05) is 6.61 Å².